The minimum absolute atomic E-state index is 0.0542. The minimum atomic E-state index is 0.0542. The highest BCUT2D eigenvalue weighted by molar-refractivity contribution is 6.34. The molecular formula is C16H18ClN3O. The maximum atomic E-state index is 12.6. The summed E-state index contributed by atoms with van der Waals surface area (Å²) >= 11 is 6.03. The monoisotopic (exact) mass is 303 g/mol. The first kappa shape index (κ1) is 14.3. The molecule has 0 N–H and O–H groups in total. The van der Waals surface area contributed by atoms with Crippen LogP contribution in [0.3, 0.4) is 0 Å². The van der Waals surface area contributed by atoms with E-state index in [2.05, 4.69) is 9.97 Å². The van der Waals surface area contributed by atoms with Crippen molar-refractivity contribution >= 4 is 28.4 Å². The highest BCUT2D eigenvalue weighted by atomic mass is 35.5. The smallest absolute Gasteiger partial charge is 0.253 e. The lowest BCUT2D eigenvalue weighted by molar-refractivity contribution is 0.0696. The summed E-state index contributed by atoms with van der Waals surface area (Å²) in [5.74, 6) is 0.0542. The Morgan fingerprint density at radius 2 is 2.00 bits per heavy atom. The van der Waals surface area contributed by atoms with Gasteiger partial charge in [-0.05, 0) is 31.0 Å². The van der Waals surface area contributed by atoms with Gasteiger partial charge in [0.2, 0.25) is 0 Å². The lowest BCUT2D eigenvalue weighted by Gasteiger charge is -2.31. The van der Waals surface area contributed by atoms with E-state index in [1.54, 1.807) is 12.1 Å². The topological polar surface area (TPSA) is 46.1 Å². The molecule has 1 saturated carbocycles. The zero-order chi connectivity index (χ0) is 14.8. The van der Waals surface area contributed by atoms with Crippen LogP contribution in [0.2, 0.25) is 5.15 Å². The van der Waals surface area contributed by atoms with Crippen molar-refractivity contribution in [1.82, 2.24) is 14.9 Å². The molecule has 1 fully saturated rings. The number of halogens is 1. The number of aromatic nitrogens is 2. The molecule has 4 nitrogen and oxygen atoms in total. The molecule has 0 atom stereocenters. The van der Waals surface area contributed by atoms with Crippen molar-refractivity contribution in [3.63, 3.8) is 0 Å². The van der Waals surface area contributed by atoms with Gasteiger partial charge in [-0.25, -0.2) is 9.97 Å². The van der Waals surface area contributed by atoms with E-state index in [1.165, 1.54) is 25.6 Å². The Morgan fingerprint density at radius 3 is 2.76 bits per heavy atom. The van der Waals surface area contributed by atoms with Gasteiger partial charge in [-0.1, -0.05) is 30.9 Å². The summed E-state index contributed by atoms with van der Waals surface area (Å²) in [6.07, 6.45) is 7.33. The Bertz CT molecular complexity index is 668. The quantitative estimate of drug-likeness (QED) is 0.795. The summed E-state index contributed by atoms with van der Waals surface area (Å²) in [5.41, 5.74) is 1.36. The van der Waals surface area contributed by atoms with Crippen molar-refractivity contribution in [2.24, 2.45) is 0 Å². The molecule has 0 bridgehead atoms. The zero-order valence-electron chi connectivity index (χ0n) is 12.1. The van der Waals surface area contributed by atoms with Crippen LogP contribution in [0.15, 0.2) is 24.5 Å². The Balaban J connectivity index is 1.87. The second kappa shape index (κ2) is 5.98. The summed E-state index contributed by atoms with van der Waals surface area (Å²) < 4.78 is 0. The third kappa shape index (κ3) is 2.86. The molecule has 1 amide bonds. The maximum Gasteiger partial charge on any atom is 0.253 e. The summed E-state index contributed by atoms with van der Waals surface area (Å²) in [5, 5.41) is 1.19. The van der Waals surface area contributed by atoms with Gasteiger partial charge in [0.25, 0.3) is 5.91 Å². The van der Waals surface area contributed by atoms with E-state index < -0.39 is 0 Å². The zero-order valence-corrected chi connectivity index (χ0v) is 12.8. The number of amides is 1. The van der Waals surface area contributed by atoms with Crippen molar-refractivity contribution < 1.29 is 4.79 Å². The van der Waals surface area contributed by atoms with Crippen LogP contribution in [-0.2, 0) is 0 Å². The molecule has 3 rings (SSSR count). The molecule has 21 heavy (non-hydrogen) atoms. The number of fused-ring (bicyclic) bond motifs is 1. The number of hydrogen-bond donors (Lipinski definition) is 0. The lowest BCUT2D eigenvalue weighted by atomic mass is 9.94. The lowest BCUT2D eigenvalue weighted by Crippen LogP contribution is -2.38. The fraction of sp³-hybridized carbons (Fsp3) is 0.438. The molecule has 1 aromatic heterocycles. The predicted molar refractivity (Wildman–Crippen MR) is 83.5 cm³/mol. The number of benzene rings is 1. The van der Waals surface area contributed by atoms with Crippen LogP contribution in [-0.4, -0.2) is 33.9 Å². The minimum Gasteiger partial charge on any atom is -0.339 e. The van der Waals surface area contributed by atoms with Crippen LogP contribution < -0.4 is 0 Å². The van der Waals surface area contributed by atoms with Gasteiger partial charge in [0.15, 0.2) is 0 Å². The Hall–Kier alpha value is -1.68. The van der Waals surface area contributed by atoms with E-state index >= 15 is 0 Å². The normalized spacial score (nSPS) is 16.1. The van der Waals surface area contributed by atoms with Crippen LogP contribution in [0.4, 0.5) is 0 Å². The molecular weight excluding hydrogens is 286 g/mol. The Morgan fingerprint density at radius 1 is 1.24 bits per heavy atom. The second-order valence-corrected chi connectivity index (χ2v) is 5.96. The SMILES string of the molecule is CN(C(=O)c1ccc2c(Cl)ncnc2c1)C1CCCCC1. The average molecular weight is 304 g/mol. The second-order valence-electron chi connectivity index (χ2n) is 5.60. The van der Waals surface area contributed by atoms with Crippen LogP contribution in [0.25, 0.3) is 10.9 Å². The van der Waals surface area contributed by atoms with E-state index in [4.69, 9.17) is 11.6 Å². The molecule has 0 spiro atoms. The summed E-state index contributed by atoms with van der Waals surface area (Å²) in [6, 6.07) is 5.78. The van der Waals surface area contributed by atoms with E-state index in [0.29, 0.717) is 22.3 Å². The number of rotatable bonds is 2. The molecule has 0 unspecified atom stereocenters. The standard InChI is InChI=1S/C16H18ClN3O/c1-20(12-5-3-2-4-6-12)16(21)11-7-8-13-14(9-11)18-10-19-15(13)17/h7-10,12H,2-6H2,1H3. The first-order valence-corrected chi connectivity index (χ1v) is 7.72. The average Bonchev–Trinajstić information content (AvgIpc) is 2.54. The molecule has 5 heteroatoms. The van der Waals surface area contributed by atoms with Crippen LogP contribution in [0.1, 0.15) is 42.5 Å². The summed E-state index contributed by atoms with van der Waals surface area (Å²) in [4.78, 5) is 22.6. The fourth-order valence-corrected chi connectivity index (χ4v) is 3.20. The van der Waals surface area contributed by atoms with E-state index in [1.807, 2.05) is 18.0 Å². The molecule has 1 aliphatic carbocycles. The maximum absolute atomic E-state index is 12.6. The van der Waals surface area contributed by atoms with Gasteiger partial charge in [0, 0.05) is 24.0 Å². The number of nitrogens with zero attached hydrogens (tertiary/aromatic N) is 3. The molecule has 0 saturated heterocycles. The van der Waals surface area contributed by atoms with E-state index in [0.717, 1.165) is 18.2 Å². The largest absolute Gasteiger partial charge is 0.339 e. The third-order valence-electron chi connectivity index (χ3n) is 4.28. The van der Waals surface area contributed by atoms with Crippen LogP contribution in [0, 0.1) is 0 Å². The third-order valence-corrected chi connectivity index (χ3v) is 4.58. The van der Waals surface area contributed by atoms with Crippen molar-refractivity contribution in [3.8, 4) is 0 Å². The first-order valence-electron chi connectivity index (χ1n) is 7.34. The summed E-state index contributed by atoms with van der Waals surface area (Å²) in [6.45, 7) is 0. The van der Waals surface area contributed by atoms with E-state index in [-0.39, 0.29) is 5.91 Å². The van der Waals surface area contributed by atoms with Gasteiger partial charge in [-0.3, -0.25) is 4.79 Å². The number of hydrogen-bond acceptors (Lipinski definition) is 3. The van der Waals surface area contributed by atoms with Crippen molar-refractivity contribution in [1.29, 1.82) is 0 Å². The van der Waals surface area contributed by atoms with Gasteiger partial charge in [0.05, 0.1) is 5.52 Å². The number of carbonyl (C=O) groups excluding carboxylic acids is 1. The van der Waals surface area contributed by atoms with Gasteiger partial charge in [-0.2, -0.15) is 0 Å². The van der Waals surface area contributed by atoms with Gasteiger partial charge in [-0.15, -0.1) is 0 Å². The summed E-state index contributed by atoms with van der Waals surface area (Å²) in [7, 11) is 1.90. The predicted octanol–water partition coefficient (Wildman–Crippen LogP) is 3.69. The Labute approximate surface area is 129 Å². The molecule has 2 aromatic rings. The van der Waals surface area contributed by atoms with Crippen LogP contribution >= 0.6 is 11.6 Å². The Kier molecular flexibility index (Phi) is 4.06. The first-order chi connectivity index (χ1) is 10.2. The van der Waals surface area contributed by atoms with Gasteiger partial charge < -0.3 is 4.90 Å². The van der Waals surface area contributed by atoms with Crippen molar-refractivity contribution in [3.05, 3.63) is 35.2 Å². The molecule has 110 valence electrons. The van der Waals surface area contributed by atoms with Gasteiger partial charge >= 0.3 is 0 Å². The molecule has 1 heterocycles. The fourth-order valence-electron chi connectivity index (χ4n) is 3.00. The molecule has 0 radical (unpaired) electrons. The highest BCUT2D eigenvalue weighted by Gasteiger charge is 2.23. The highest BCUT2D eigenvalue weighted by Crippen LogP contribution is 2.24. The van der Waals surface area contributed by atoms with Crippen LogP contribution in [0.5, 0.6) is 0 Å². The number of carbonyl (C=O) groups is 1. The molecule has 0 aliphatic heterocycles. The van der Waals surface area contributed by atoms with Crippen molar-refractivity contribution in [2.45, 2.75) is 38.1 Å². The molecule has 1 aliphatic rings. The van der Waals surface area contributed by atoms with Crippen molar-refractivity contribution in [2.75, 3.05) is 7.05 Å². The van der Waals surface area contributed by atoms with E-state index in [9.17, 15) is 4.79 Å². The van der Waals surface area contributed by atoms with Gasteiger partial charge in [0.1, 0.15) is 11.5 Å². The molecule has 1 aromatic carbocycles.